The van der Waals surface area contributed by atoms with E-state index in [0.717, 1.165) is 55.4 Å². The lowest BCUT2D eigenvalue weighted by Crippen LogP contribution is -1.98. The molecule has 0 bridgehead atoms. The van der Waals surface area contributed by atoms with Crippen LogP contribution in [-0.2, 0) is 0 Å². The van der Waals surface area contributed by atoms with E-state index in [9.17, 15) is 5.26 Å². The second kappa shape index (κ2) is 10.9. The summed E-state index contributed by atoms with van der Waals surface area (Å²) >= 11 is 0. The van der Waals surface area contributed by atoms with Crippen LogP contribution in [0.15, 0.2) is 158 Å². The average molecular weight is 611 g/mol. The number of para-hydroxylation sites is 3. The molecule has 0 N–H and O–H groups in total. The van der Waals surface area contributed by atoms with Gasteiger partial charge in [-0.15, -0.1) is 0 Å². The van der Waals surface area contributed by atoms with Gasteiger partial charge in [0.05, 0.1) is 46.0 Å². The van der Waals surface area contributed by atoms with Gasteiger partial charge in [0, 0.05) is 27.4 Å². The number of hydrogen-bond acceptors (Lipinski definition) is 1. The van der Waals surface area contributed by atoms with Gasteiger partial charge in [-0.05, 0) is 88.8 Å². The zero-order valence-electron chi connectivity index (χ0n) is 25.8. The van der Waals surface area contributed by atoms with Gasteiger partial charge in [0.1, 0.15) is 0 Å². The maximum Gasteiger partial charge on any atom is 0.188 e. The molecule has 0 atom stereocenters. The van der Waals surface area contributed by atoms with Crippen LogP contribution in [0.3, 0.4) is 0 Å². The molecule has 222 valence electrons. The Morgan fingerprint density at radius 3 is 1.75 bits per heavy atom. The predicted molar refractivity (Wildman–Crippen MR) is 197 cm³/mol. The van der Waals surface area contributed by atoms with Crippen LogP contribution < -0.4 is 0 Å². The van der Waals surface area contributed by atoms with Crippen LogP contribution in [0.25, 0.3) is 82.1 Å². The van der Waals surface area contributed by atoms with Gasteiger partial charge < -0.3 is 9.13 Å². The van der Waals surface area contributed by atoms with Gasteiger partial charge in [-0.1, -0.05) is 91.0 Å². The molecule has 0 radical (unpaired) electrons. The van der Waals surface area contributed by atoms with Crippen molar-refractivity contribution in [3.63, 3.8) is 0 Å². The highest BCUT2D eigenvalue weighted by Gasteiger charge is 2.17. The molecule has 0 aliphatic carbocycles. The topological polar surface area (TPSA) is 38.0 Å². The molecular weight excluding hydrogens is 585 g/mol. The predicted octanol–water partition coefficient (Wildman–Crippen LogP) is 11.6. The standard InChI is InChI=1S/C44H26N4/c1-46-33-20-24-44-39(27-33)37-13-4-7-16-42(37)48(44)43-23-17-29(28-45)25-38(43)32-10-8-9-31(26-32)30-18-21-34(22-19-30)47-40-14-5-2-11-35(40)36-12-3-6-15-41(36)47/h2-27H. The molecule has 2 aromatic heterocycles. The Labute approximate surface area is 277 Å². The summed E-state index contributed by atoms with van der Waals surface area (Å²) in [5, 5.41) is 14.5. The Morgan fingerprint density at radius 1 is 0.479 bits per heavy atom. The van der Waals surface area contributed by atoms with Crippen molar-refractivity contribution in [3.8, 4) is 39.7 Å². The minimum Gasteiger partial charge on any atom is -0.309 e. The molecule has 48 heavy (non-hydrogen) atoms. The molecule has 9 rings (SSSR count). The zero-order chi connectivity index (χ0) is 32.2. The fourth-order valence-electron chi connectivity index (χ4n) is 7.19. The largest absolute Gasteiger partial charge is 0.309 e. The molecular formula is C44H26N4. The first-order valence-corrected chi connectivity index (χ1v) is 15.9. The van der Waals surface area contributed by atoms with E-state index < -0.39 is 0 Å². The summed E-state index contributed by atoms with van der Waals surface area (Å²) in [5.41, 5.74) is 12.0. The Hall–Kier alpha value is -6.88. The number of nitrogens with zero attached hydrogens (tertiary/aromatic N) is 4. The number of rotatable bonds is 4. The van der Waals surface area contributed by atoms with E-state index in [1.807, 2.05) is 48.5 Å². The molecule has 0 unspecified atom stereocenters. The number of nitriles is 1. The zero-order valence-corrected chi connectivity index (χ0v) is 25.8. The highest BCUT2D eigenvalue weighted by Crippen LogP contribution is 2.39. The third kappa shape index (κ3) is 4.22. The molecule has 0 fully saturated rings. The van der Waals surface area contributed by atoms with Crippen LogP contribution in [0.2, 0.25) is 0 Å². The van der Waals surface area contributed by atoms with Crippen molar-refractivity contribution in [2.24, 2.45) is 0 Å². The van der Waals surface area contributed by atoms with Gasteiger partial charge in [-0.2, -0.15) is 5.26 Å². The third-order valence-electron chi connectivity index (χ3n) is 9.36. The van der Waals surface area contributed by atoms with Crippen LogP contribution in [-0.4, -0.2) is 9.13 Å². The summed E-state index contributed by atoms with van der Waals surface area (Å²) in [7, 11) is 0. The van der Waals surface area contributed by atoms with Crippen LogP contribution in [0.5, 0.6) is 0 Å². The van der Waals surface area contributed by atoms with E-state index in [1.54, 1.807) is 0 Å². The second-order valence-corrected chi connectivity index (χ2v) is 12.0. The highest BCUT2D eigenvalue weighted by atomic mass is 15.0. The number of hydrogen-bond donors (Lipinski definition) is 0. The molecule has 0 spiro atoms. The Kier molecular flexibility index (Phi) is 6.22. The van der Waals surface area contributed by atoms with E-state index in [1.165, 1.54) is 21.8 Å². The summed E-state index contributed by atoms with van der Waals surface area (Å²) in [6.45, 7) is 7.58. The lowest BCUT2D eigenvalue weighted by molar-refractivity contribution is 1.18. The Morgan fingerprint density at radius 2 is 1.08 bits per heavy atom. The average Bonchev–Trinajstić information content (AvgIpc) is 3.67. The number of benzene rings is 7. The van der Waals surface area contributed by atoms with E-state index in [4.69, 9.17) is 6.57 Å². The summed E-state index contributed by atoms with van der Waals surface area (Å²) in [6.07, 6.45) is 0. The van der Waals surface area contributed by atoms with Crippen molar-refractivity contribution < 1.29 is 0 Å². The highest BCUT2D eigenvalue weighted by molar-refractivity contribution is 6.11. The second-order valence-electron chi connectivity index (χ2n) is 12.0. The summed E-state index contributed by atoms with van der Waals surface area (Å²) < 4.78 is 4.58. The van der Waals surface area contributed by atoms with Gasteiger partial charge in [-0.3, -0.25) is 0 Å². The summed E-state index contributed by atoms with van der Waals surface area (Å²) in [5.74, 6) is 0. The van der Waals surface area contributed by atoms with Crippen LogP contribution in [0.1, 0.15) is 5.56 Å². The van der Waals surface area contributed by atoms with Crippen molar-refractivity contribution in [2.45, 2.75) is 0 Å². The van der Waals surface area contributed by atoms with E-state index in [2.05, 4.69) is 129 Å². The summed E-state index contributed by atoms with van der Waals surface area (Å²) in [6, 6.07) is 56.8. The lowest BCUT2D eigenvalue weighted by atomic mass is 9.96. The smallest absolute Gasteiger partial charge is 0.188 e. The van der Waals surface area contributed by atoms with E-state index in [0.29, 0.717) is 11.3 Å². The number of aromatic nitrogens is 2. The molecule has 4 nitrogen and oxygen atoms in total. The molecule has 7 aromatic carbocycles. The fraction of sp³-hybridized carbons (Fsp3) is 0. The van der Waals surface area contributed by atoms with Gasteiger partial charge in [-0.25, -0.2) is 4.85 Å². The maximum absolute atomic E-state index is 9.91. The number of fused-ring (bicyclic) bond motifs is 6. The van der Waals surface area contributed by atoms with Gasteiger partial charge in [0.25, 0.3) is 0 Å². The maximum atomic E-state index is 9.91. The van der Waals surface area contributed by atoms with E-state index >= 15 is 0 Å². The van der Waals surface area contributed by atoms with Gasteiger partial charge in [0.2, 0.25) is 0 Å². The molecule has 0 saturated heterocycles. The molecule has 0 aliphatic heterocycles. The van der Waals surface area contributed by atoms with Crippen molar-refractivity contribution in [2.75, 3.05) is 0 Å². The summed E-state index contributed by atoms with van der Waals surface area (Å²) in [4.78, 5) is 3.69. The minimum atomic E-state index is 0.603. The normalized spacial score (nSPS) is 11.3. The SMILES string of the molecule is [C-]#[N+]c1ccc2c(c1)c1ccccc1n2-c1ccc(C#N)cc1-c1cccc(-c2ccc(-n3c4ccccc4c4ccccc43)cc2)c1. The van der Waals surface area contributed by atoms with Crippen LogP contribution >= 0.6 is 0 Å². The molecule has 4 heteroatoms. The minimum absolute atomic E-state index is 0.603. The van der Waals surface area contributed by atoms with Crippen molar-refractivity contribution in [1.29, 1.82) is 5.26 Å². The molecule has 2 heterocycles. The van der Waals surface area contributed by atoms with E-state index in [-0.39, 0.29) is 0 Å². The monoisotopic (exact) mass is 610 g/mol. The first-order valence-electron chi connectivity index (χ1n) is 15.9. The molecule has 0 saturated carbocycles. The molecule has 9 aromatic rings. The van der Waals surface area contributed by atoms with Crippen LogP contribution in [0, 0.1) is 17.9 Å². The van der Waals surface area contributed by atoms with Gasteiger partial charge >= 0.3 is 0 Å². The Bertz CT molecular complexity index is 2750. The fourth-order valence-corrected chi connectivity index (χ4v) is 7.19. The Balaban J connectivity index is 1.18. The third-order valence-corrected chi connectivity index (χ3v) is 9.36. The van der Waals surface area contributed by atoms with Crippen molar-refractivity contribution in [3.05, 3.63) is 175 Å². The molecule has 0 amide bonds. The van der Waals surface area contributed by atoms with Crippen molar-refractivity contribution in [1.82, 2.24) is 9.13 Å². The van der Waals surface area contributed by atoms with Crippen LogP contribution in [0.4, 0.5) is 5.69 Å². The molecule has 0 aliphatic rings. The lowest BCUT2D eigenvalue weighted by Gasteiger charge is -2.16. The first-order chi connectivity index (χ1) is 23.7. The first kappa shape index (κ1) is 27.4. The quantitative estimate of drug-likeness (QED) is 0.183. The van der Waals surface area contributed by atoms with Crippen molar-refractivity contribution >= 4 is 49.3 Å². The van der Waals surface area contributed by atoms with Gasteiger partial charge in [0.15, 0.2) is 5.69 Å².